The van der Waals surface area contributed by atoms with Crippen molar-refractivity contribution in [1.29, 1.82) is 0 Å². The molecular weight excluding hydrogens is 1020 g/mol. The number of carbonyl (C=O) groups excluding carboxylic acids is 2. The third-order valence-electron chi connectivity index (χ3n) is 9.90. The van der Waals surface area contributed by atoms with Crippen LogP contribution in [0.25, 0.3) is 11.2 Å². The van der Waals surface area contributed by atoms with Crippen LogP contribution >= 0.6 is 37.2 Å². The molecule has 384 valence electrons. The van der Waals surface area contributed by atoms with Crippen LogP contribution in [-0.2, 0) is 53.1 Å². The molecule has 30 nitrogen and oxygen atoms in total. The van der Waals surface area contributed by atoms with Crippen molar-refractivity contribution < 1.29 is 85.4 Å². The first-order valence-electron chi connectivity index (χ1n) is 20.3. The Labute approximate surface area is 403 Å². The summed E-state index contributed by atoms with van der Waals surface area (Å²) >= 11 is 0. The number of alkyl carbamates (subject to hydrolysis) is 1. The topological polar surface area (TPSA) is 418 Å². The summed E-state index contributed by atoms with van der Waals surface area (Å²) in [6.45, 7) is 3.15. The molecule has 2 aliphatic rings. The summed E-state index contributed by atoms with van der Waals surface area (Å²) in [6, 6.07) is 2.04. The van der Waals surface area contributed by atoms with Gasteiger partial charge in [-0.2, -0.15) is 4.98 Å². The van der Waals surface area contributed by atoms with Crippen LogP contribution in [0.1, 0.15) is 45.2 Å². The number of esters is 1. The van der Waals surface area contributed by atoms with E-state index in [1.54, 1.807) is 0 Å². The number of carbonyl (C=O) groups is 2. The molecule has 70 heavy (non-hydrogen) atoms. The first-order valence-corrected chi connectivity index (χ1v) is 25.7. The number of nitrogens with zero attached hydrogens (tertiary/aromatic N) is 7. The second-order valence-corrected chi connectivity index (χ2v) is 21.8. The molecule has 5 heterocycles. The molecule has 0 aliphatic carbocycles. The zero-order valence-corrected chi connectivity index (χ0v) is 40.9. The lowest BCUT2D eigenvalue weighted by Gasteiger charge is -2.26. The Balaban J connectivity index is 1.23. The number of aromatic nitrogens is 6. The molecule has 4 aromatic rings. The second kappa shape index (κ2) is 22.5. The number of nitrogens with two attached hydrogens (primary N) is 2. The Kier molecular flexibility index (Phi) is 17.4. The lowest BCUT2D eigenvalue weighted by molar-refractivity contribution is -0.385. The molecule has 0 saturated carbocycles. The summed E-state index contributed by atoms with van der Waals surface area (Å²) in [5.74, 6) is -1.36. The summed E-state index contributed by atoms with van der Waals surface area (Å²) in [5.41, 5.74) is 10.3. The molecule has 9 N–H and O–H groups in total. The number of hydrogen-bond donors (Lipinski definition) is 7. The zero-order chi connectivity index (χ0) is 51.3. The number of methoxy groups -OCH3 is 2. The molecule has 9 atom stereocenters. The highest BCUT2D eigenvalue weighted by Gasteiger charge is 2.50. The van der Waals surface area contributed by atoms with Crippen molar-refractivity contribution in [3.63, 3.8) is 0 Å². The second-order valence-electron chi connectivity index (χ2n) is 16.0. The lowest BCUT2D eigenvalue weighted by Crippen LogP contribution is -2.48. The standard InChI is InChI=1S/C36H48N10O20P2S2/c1-36(2,3)70-69-14-18(42-35(50)60-11-17-8-20(58-4)21(59-5)9-19(17)46(51)52)33(48)65-29-24(64-32(28(29)47)45-16-41-27-30(38)39-15-40-31(27)45)13-62-68(56,57)66-22-10-26(44-7-6-25(37)43-34(44)49)63-23(22)12-61-67(53,54)55/h6-9,15-16,18,22-24,26,28-29,32,47H,10-14H2,1-5H3,(H,42,50)(H,56,57)(H2,37,43,49)(H2,38,39,40)(H2,53,54,55)/t18-,22-,23?,24?,26+,28+,29+,32+/m0/s1. The number of amides is 1. The number of nitrogens with one attached hydrogen (secondary N) is 1. The van der Waals surface area contributed by atoms with Gasteiger partial charge in [-0.25, -0.2) is 38.5 Å². The number of aliphatic hydroxyl groups is 1. The van der Waals surface area contributed by atoms with Gasteiger partial charge in [0.25, 0.3) is 5.69 Å². The molecular formula is C36H48N10O20P2S2. The molecule has 0 spiro atoms. The van der Waals surface area contributed by atoms with Gasteiger partial charge in [-0.3, -0.25) is 32.8 Å². The molecule has 1 aromatic carbocycles. The number of nitro groups is 1. The van der Waals surface area contributed by atoms with Gasteiger partial charge in [-0.05, 0) is 12.1 Å². The normalized spacial score (nSPS) is 22.8. The fourth-order valence-electron chi connectivity index (χ4n) is 6.79. The molecule has 2 fully saturated rings. The highest BCUT2D eigenvalue weighted by atomic mass is 33.1. The van der Waals surface area contributed by atoms with Crippen molar-refractivity contribution in [2.45, 2.75) is 87.6 Å². The molecule has 0 radical (unpaired) electrons. The summed E-state index contributed by atoms with van der Waals surface area (Å²) in [7, 11) is -5.36. The SMILES string of the molecule is COc1cc(COC(=O)N[C@@H](CSSC(C)(C)C)C(=O)O[C@@H]2C(COP(=O)(O)O[C@H]3C[C@H](n4ccc(N)nc4=O)OC3COP(=O)(O)O)O[C@@H](n3cnc4c(N)ncnc43)[C@@H]2O)c([N+](=O)[O-])cc1OC. The number of hydrogen-bond acceptors (Lipinski definition) is 25. The molecule has 3 aromatic heterocycles. The first kappa shape index (κ1) is 54.1. The number of imidazole rings is 1. The molecule has 34 heteroatoms. The van der Waals surface area contributed by atoms with Crippen LogP contribution in [0, 0.1) is 10.1 Å². The van der Waals surface area contributed by atoms with E-state index in [1.807, 2.05) is 20.8 Å². The number of nitrogen functional groups attached to an aromatic ring is 2. The number of phosphoric ester groups is 2. The van der Waals surface area contributed by atoms with Crippen LogP contribution < -0.4 is 31.9 Å². The quantitative estimate of drug-likeness (QED) is 0.0205. The molecule has 6 rings (SSSR count). The maximum absolute atomic E-state index is 14.1. The lowest BCUT2D eigenvalue weighted by atomic mass is 10.1. The van der Waals surface area contributed by atoms with Crippen LogP contribution in [-0.4, -0.2) is 140 Å². The Hall–Kier alpha value is -5.21. The molecule has 0 bridgehead atoms. The number of nitro benzene ring substituents is 1. The minimum atomic E-state index is -5.31. The highest BCUT2D eigenvalue weighted by Crippen LogP contribution is 2.50. The van der Waals surface area contributed by atoms with E-state index in [2.05, 4.69) is 29.8 Å². The number of phosphoric acid groups is 2. The predicted molar refractivity (Wildman–Crippen MR) is 243 cm³/mol. The van der Waals surface area contributed by atoms with Crippen molar-refractivity contribution in [2.24, 2.45) is 0 Å². The van der Waals surface area contributed by atoms with Gasteiger partial charge in [-0.15, -0.1) is 0 Å². The van der Waals surface area contributed by atoms with Gasteiger partial charge in [0.15, 0.2) is 35.3 Å². The summed E-state index contributed by atoms with van der Waals surface area (Å²) in [4.78, 5) is 96.7. The van der Waals surface area contributed by atoms with E-state index in [-0.39, 0.29) is 56.8 Å². The summed E-state index contributed by atoms with van der Waals surface area (Å²) in [5, 5.41) is 26.0. The monoisotopic (exact) mass is 1070 g/mol. The number of ether oxygens (including phenoxy) is 6. The highest BCUT2D eigenvalue weighted by molar-refractivity contribution is 8.77. The minimum Gasteiger partial charge on any atom is -0.493 e. The van der Waals surface area contributed by atoms with Gasteiger partial charge in [0.05, 0.1) is 50.3 Å². The number of fused-ring (bicyclic) bond motifs is 1. The van der Waals surface area contributed by atoms with E-state index in [9.17, 15) is 53.4 Å². The average molecular weight is 1070 g/mol. The van der Waals surface area contributed by atoms with Crippen molar-refractivity contribution in [2.75, 3.05) is 44.7 Å². The van der Waals surface area contributed by atoms with Crippen molar-refractivity contribution >= 4 is 77.8 Å². The largest absolute Gasteiger partial charge is 0.493 e. The van der Waals surface area contributed by atoms with Crippen LogP contribution in [0.5, 0.6) is 11.5 Å². The third-order valence-corrected chi connectivity index (χ3v) is 14.8. The number of benzene rings is 1. The van der Waals surface area contributed by atoms with Gasteiger partial charge >= 0.3 is 33.4 Å². The van der Waals surface area contributed by atoms with E-state index in [0.29, 0.717) is 0 Å². The Bertz CT molecular complexity index is 2710. The van der Waals surface area contributed by atoms with E-state index in [1.165, 1.54) is 54.2 Å². The van der Waals surface area contributed by atoms with Gasteiger partial charge in [0.1, 0.15) is 61.0 Å². The average Bonchev–Trinajstić information content (AvgIpc) is 3.97. The van der Waals surface area contributed by atoms with Crippen molar-refractivity contribution in [3.8, 4) is 11.5 Å². The third kappa shape index (κ3) is 13.8. The van der Waals surface area contributed by atoms with Crippen LogP contribution in [0.15, 0.2) is 41.8 Å². The Morgan fingerprint density at radius 1 is 1.04 bits per heavy atom. The van der Waals surface area contributed by atoms with Crippen LogP contribution in [0.4, 0.5) is 22.1 Å². The van der Waals surface area contributed by atoms with E-state index in [0.717, 1.165) is 27.8 Å². The van der Waals surface area contributed by atoms with Gasteiger partial charge < -0.3 is 65.0 Å². The van der Waals surface area contributed by atoms with Crippen LogP contribution in [0.2, 0.25) is 0 Å². The van der Waals surface area contributed by atoms with Gasteiger partial charge in [0, 0.05) is 23.1 Å². The molecule has 3 unspecified atom stereocenters. The van der Waals surface area contributed by atoms with E-state index < -0.39 is 113 Å². The van der Waals surface area contributed by atoms with Gasteiger partial charge in [-0.1, -0.05) is 42.4 Å². The van der Waals surface area contributed by atoms with Crippen LogP contribution in [0.3, 0.4) is 0 Å². The van der Waals surface area contributed by atoms with Crippen molar-refractivity contribution in [3.05, 3.63) is 63.2 Å². The van der Waals surface area contributed by atoms with E-state index in [4.69, 9.17) is 48.9 Å². The predicted octanol–water partition coefficient (Wildman–Crippen LogP) is 1.72. The smallest absolute Gasteiger partial charge is 0.472 e. The molecule has 2 saturated heterocycles. The minimum absolute atomic E-state index is 0.0372. The maximum Gasteiger partial charge on any atom is 0.472 e. The van der Waals surface area contributed by atoms with E-state index >= 15 is 0 Å². The molecule has 2 aliphatic heterocycles. The fraction of sp³-hybridized carbons (Fsp3) is 0.528. The number of aliphatic hydroxyl groups excluding tert-OH is 1. The summed E-state index contributed by atoms with van der Waals surface area (Å²) < 4.78 is 75.6. The maximum atomic E-state index is 14.1. The summed E-state index contributed by atoms with van der Waals surface area (Å²) in [6.07, 6.45) is -9.12. The van der Waals surface area contributed by atoms with Gasteiger partial charge in [0.2, 0.25) is 0 Å². The molecule has 1 amide bonds. The fourth-order valence-corrected chi connectivity index (χ4v) is 10.5. The first-order chi connectivity index (χ1) is 32.9. The zero-order valence-electron chi connectivity index (χ0n) is 37.4. The Morgan fingerprint density at radius 2 is 1.74 bits per heavy atom. The number of anilines is 2. The number of rotatable bonds is 21. The Morgan fingerprint density at radius 3 is 2.40 bits per heavy atom. The van der Waals surface area contributed by atoms with Crippen molar-refractivity contribution in [1.82, 2.24) is 34.4 Å².